The predicted octanol–water partition coefficient (Wildman–Crippen LogP) is 3.81. The number of halogens is 2. The summed E-state index contributed by atoms with van der Waals surface area (Å²) in [5.74, 6) is 0.137. The second-order valence-corrected chi connectivity index (χ2v) is 3.79. The van der Waals surface area contributed by atoms with Crippen molar-refractivity contribution >= 4 is 33.5 Å². The van der Waals surface area contributed by atoms with Crippen LogP contribution in [0.1, 0.15) is 19.4 Å². The van der Waals surface area contributed by atoms with E-state index in [2.05, 4.69) is 20.7 Å². The standard InChI is InChI=1S/C10H10BrClO3.C2H6/c1-14-10(13)6-15-9-3-7(5-11)2-8(12)4-9;1-2/h2-4H,5-6H2,1H3;1-2H3. The van der Waals surface area contributed by atoms with Crippen LogP contribution < -0.4 is 4.74 Å². The van der Waals surface area contributed by atoms with Crippen molar-refractivity contribution in [3.8, 4) is 5.75 Å². The lowest BCUT2D eigenvalue weighted by molar-refractivity contribution is -0.142. The molecule has 1 rings (SSSR count). The van der Waals surface area contributed by atoms with Crippen molar-refractivity contribution in [2.24, 2.45) is 0 Å². The maximum absolute atomic E-state index is 10.8. The van der Waals surface area contributed by atoms with Gasteiger partial charge in [0.05, 0.1) is 7.11 Å². The molecule has 0 unspecified atom stereocenters. The Hall–Kier alpha value is -0.740. The molecule has 1 aromatic carbocycles. The topological polar surface area (TPSA) is 35.5 Å². The first-order valence-corrected chi connectivity index (χ1v) is 6.70. The summed E-state index contributed by atoms with van der Waals surface area (Å²) >= 11 is 9.17. The van der Waals surface area contributed by atoms with Gasteiger partial charge in [-0.25, -0.2) is 4.79 Å². The molecule has 0 saturated heterocycles. The van der Waals surface area contributed by atoms with Gasteiger partial charge in [0.15, 0.2) is 6.61 Å². The highest BCUT2D eigenvalue weighted by molar-refractivity contribution is 9.08. The smallest absolute Gasteiger partial charge is 0.343 e. The monoisotopic (exact) mass is 322 g/mol. The molecule has 96 valence electrons. The Balaban J connectivity index is 0.00000121. The molecular weight excluding hydrogens is 307 g/mol. The molecule has 0 aliphatic rings. The first-order valence-electron chi connectivity index (χ1n) is 5.20. The van der Waals surface area contributed by atoms with Gasteiger partial charge < -0.3 is 9.47 Å². The van der Waals surface area contributed by atoms with E-state index < -0.39 is 5.97 Å². The lowest BCUT2D eigenvalue weighted by Crippen LogP contribution is -2.12. The van der Waals surface area contributed by atoms with Crippen LogP contribution in [0, 0.1) is 0 Å². The van der Waals surface area contributed by atoms with Gasteiger partial charge in [0, 0.05) is 10.4 Å². The number of rotatable bonds is 4. The molecule has 0 fully saturated rings. The third-order valence-electron chi connectivity index (χ3n) is 1.67. The number of carbonyl (C=O) groups excluding carboxylic acids is 1. The Labute approximate surface area is 115 Å². The fourth-order valence-electron chi connectivity index (χ4n) is 0.982. The van der Waals surface area contributed by atoms with E-state index in [1.54, 1.807) is 6.07 Å². The second kappa shape index (κ2) is 9.31. The van der Waals surface area contributed by atoms with Gasteiger partial charge in [0.1, 0.15) is 5.75 Å². The van der Waals surface area contributed by atoms with Crippen LogP contribution in [0.15, 0.2) is 18.2 Å². The number of carbonyl (C=O) groups is 1. The van der Waals surface area contributed by atoms with Crippen LogP contribution in [0.25, 0.3) is 0 Å². The zero-order valence-electron chi connectivity index (χ0n) is 10.1. The number of hydrogen-bond donors (Lipinski definition) is 0. The fourth-order valence-corrected chi connectivity index (χ4v) is 1.55. The Morgan fingerprint density at radius 3 is 2.53 bits per heavy atom. The van der Waals surface area contributed by atoms with E-state index in [4.69, 9.17) is 16.3 Å². The van der Waals surface area contributed by atoms with Gasteiger partial charge in [-0.15, -0.1) is 0 Å². The van der Waals surface area contributed by atoms with Crippen LogP contribution in [-0.4, -0.2) is 19.7 Å². The number of hydrogen-bond acceptors (Lipinski definition) is 3. The first-order chi connectivity index (χ1) is 8.15. The van der Waals surface area contributed by atoms with Crippen molar-refractivity contribution in [3.63, 3.8) is 0 Å². The van der Waals surface area contributed by atoms with Crippen LogP contribution in [0.2, 0.25) is 5.02 Å². The maximum Gasteiger partial charge on any atom is 0.343 e. The molecule has 5 heteroatoms. The number of esters is 1. The molecule has 0 radical (unpaired) electrons. The minimum Gasteiger partial charge on any atom is -0.482 e. The Morgan fingerprint density at radius 2 is 2.00 bits per heavy atom. The predicted molar refractivity (Wildman–Crippen MR) is 72.9 cm³/mol. The largest absolute Gasteiger partial charge is 0.482 e. The quantitative estimate of drug-likeness (QED) is 0.624. The molecule has 0 spiro atoms. The lowest BCUT2D eigenvalue weighted by atomic mass is 10.2. The van der Waals surface area contributed by atoms with Crippen LogP contribution in [0.4, 0.5) is 0 Å². The van der Waals surface area contributed by atoms with Gasteiger partial charge in [-0.2, -0.15) is 0 Å². The summed E-state index contributed by atoms with van der Waals surface area (Å²) in [7, 11) is 1.31. The number of ether oxygens (including phenoxy) is 2. The van der Waals surface area contributed by atoms with Crippen molar-refractivity contribution in [1.82, 2.24) is 0 Å². The van der Waals surface area contributed by atoms with Crippen molar-refractivity contribution in [3.05, 3.63) is 28.8 Å². The third-order valence-corrected chi connectivity index (χ3v) is 2.54. The summed E-state index contributed by atoms with van der Waals surface area (Å²) in [5.41, 5.74) is 0.988. The Bertz CT molecular complexity index is 356. The highest BCUT2D eigenvalue weighted by Gasteiger charge is 2.04. The molecular formula is C12H16BrClO3. The van der Waals surface area contributed by atoms with E-state index in [0.717, 1.165) is 5.56 Å². The third kappa shape index (κ3) is 6.54. The molecule has 0 aliphatic heterocycles. The molecule has 0 amide bonds. The molecule has 1 aromatic rings. The molecule has 0 aliphatic carbocycles. The molecule has 3 nitrogen and oxygen atoms in total. The summed E-state index contributed by atoms with van der Waals surface area (Å²) in [5, 5.41) is 1.26. The molecule has 0 N–H and O–H groups in total. The van der Waals surface area contributed by atoms with Crippen LogP contribution in [-0.2, 0) is 14.9 Å². The van der Waals surface area contributed by atoms with Crippen molar-refractivity contribution in [1.29, 1.82) is 0 Å². The minimum absolute atomic E-state index is 0.113. The zero-order chi connectivity index (χ0) is 13.3. The highest BCUT2D eigenvalue weighted by Crippen LogP contribution is 2.22. The zero-order valence-corrected chi connectivity index (χ0v) is 12.5. The molecule has 0 aromatic heterocycles. The van der Waals surface area contributed by atoms with Gasteiger partial charge in [0.25, 0.3) is 0 Å². The molecule has 0 heterocycles. The van der Waals surface area contributed by atoms with E-state index >= 15 is 0 Å². The molecule has 0 saturated carbocycles. The fraction of sp³-hybridized carbons (Fsp3) is 0.417. The van der Waals surface area contributed by atoms with Crippen LogP contribution >= 0.6 is 27.5 Å². The van der Waals surface area contributed by atoms with Crippen LogP contribution in [0.5, 0.6) is 5.75 Å². The van der Waals surface area contributed by atoms with Crippen molar-refractivity contribution in [2.75, 3.05) is 13.7 Å². The van der Waals surface area contributed by atoms with Gasteiger partial charge in [-0.1, -0.05) is 41.4 Å². The first kappa shape index (κ1) is 16.3. The number of benzene rings is 1. The van der Waals surface area contributed by atoms with Gasteiger partial charge >= 0.3 is 5.97 Å². The Morgan fingerprint density at radius 1 is 1.35 bits per heavy atom. The van der Waals surface area contributed by atoms with E-state index in [1.807, 2.05) is 26.0 Å². The maximum atomic E-state index is 10.8. The molecule has 0 atom stereocenters. The summed E-state index contributed by atoms with van der Waals surface area (Å²) < 4.78 is 9.65. The summed E-state index contributed by atoms with van der Waals surface area (Å²) in [6.07, 6.45) is 0. The highest BCUT2D eigenvalue weighted by atomic mass is 79.9. The average Bonchev–Trinajstić information content (AvgIpc) is 2.37. The molecule has 0 bridgehead atoms. The van der Waals surface area contributed by atoms with Crippen LogP contribution in [0.3, 0.4) is 0 Å². The lowest BCUT2D eigenvalue weighted by Gasteiger charge is -2.06. The van der Waals surface area contributed by atoms with Crippen molar-refractivity contribution in [2.45, 2.75) is 19.2 Å². The van der Waals surface area contributed by atoms with E-state index in [1.165, 1.54) is 7.11 Å². The van der Waals surface area contributed by atoms with Gasteiger partial charge in [-0.05, 0) is 23.8 Å². The second-order valence-electron chi connectivity index (χ2n) is 2.79. The number of methoxy groups -OCH3 is 1. The molecule has 17 heavy (non-hydrogen) atoms. The summed E-state index contributed by atoms with van der Waals surface area (Å²) in [4.78, 5) is 10.8. The SMILES string of the molecule is CC.COC(=O)COc1cc(Cl)cc(CBr)c1. The summed E-state index contributed by atoms with van der Waals surface area (Å²) in [6.45, 7) is 3.89. The summed E-state index contributed by atoms with van der Waals surface area (Å²) in [6, 6.07) is 5.28. The van der Waals surface area contributed by atoms with E-state index in [-0.39, 0.29) is 6.61 Å². The van der Waals surface area contributed by atoms with E-state index in [9.17, 15) is 4.79 Å². The van der Waals surface area contributed by atoms with Gasteiger partial charge in [0.2, 0.25) is 0 Å². The normalized spacial score (nSPS) is 9.00. The Kier molecular flexibility index (Phi) is 8.90. The van der Waals surface area contributed by atoms with E-state index in [0.29, 0.717) is 16.1 Å². The number of alkyl halides is 1. The van der Waals surface area contributed by atoms with Gasteiger partial charge in [-0.3, -0.25) is 0 Å². The van der Waals surface area contributed by atoms with Crippen molar-refractivity contribution < 1.29 is 14.3 Å². The average molecular weight is 324 g/mol. The minimum atomic E-state index is -0.421.